The molecule has 0 fully saturated rings. The van der Waals surface area contributed by atoms with Gasteiger partial charge in [-0.1, -0.05) is 24.3 Å². The number of fused-ring (bicyclic) bond motifs is 3. The summed E-state index contributed by atoms with van der Waals surface area (Å²) in [5, 5.41) is 12.8. The fourth-order valence-electron chi connectivity index (χ4n) is 3.78. The highest BCUT2D eigenvalue weighted by molar-refractivity contribution is 9.10. The lowest BCUT2D eigenvalue weighted by Gasteiger charge is -2.38. The van der Waals surface area contributed by atoms with Crippen molar-refractivity contribution in [2.75, 3.05) is 5.32 Å². The summed E-state index contributed by atoms with van der Waals surface area (Å²) in [7, 11) is 0. The van der Waals surface area contributed by atoms with Crippen molar-refractivity contribution in [3.63, 3.8) is 0 Å². The molecule has 5 heteroatoms. The van der Waals surface area contributed by atoms with Crippen molar-refractivity contribution in [2.45, 2.75) is 18.4 Å². The minimum Gasteiger partial charge on any atom is -0.478 e. The third kappa shape index (κ3) is 2.44. The van der Waals surface area contributed by atoms with Gasteiger partial charge in [0.25, 0.3) is 0 Å². The minimum atomic E-state index is -0.933. The number of carboxylic acid groups (broad SMARTS) is 1. The molecular formula is C19H15BrFNO2. The van der Waals surface area contributed by atoms with E-state index in [4.69, 9.17) is 0 Å². The number of hydrogen-bond donors (Lipinski definition) is 2. The zero-order valence-electron chi connectivity index (χ0n) is 12.7. The average molecular weight is 388 g/mol. The number of allylic oxidation sites excluding steroid dienone is 2. The third-order valence-electron chi connectivity index (χ3n) is 4.90. The van der Waals surface area contributed by atoms with Crippen LogP contribution in [0.5, 0.6) is 0 Å². The van der Waals surface area contributed by atoms with Crippen LogP contribution in [0.4, 0.5) is 10.1 Å². The summed E-state index contributed by atoms with van der Waals surface area (Å²) in [5.41, 5.74) is 3.23. The number of benzene rings is 2. The fraction of sp³-hybridized carbons (Fsp3) is 0.211. The standard InChI is InChI=1S/C19H15BrFNO2/c20-16-9-11(19(23)24)8-15-13-2-1-3-14(13)17(22-18(15)16)10-4-6-12(21)7-5-10/h1-2,4-9,13-14,17,22H,3H2,(H,23,24)/t13-,14+,17+/m1/s1. The Morgan fingerprint density at radius 2 is 2.00 bits per heavy atom. The molecule has 2 N–H and O–H groups in total. The first-order valence-corrected chi connectivity index (χ1v) is 8.59. The van der Waals surface area contributed by atoms with Crippen molar-refractivity contribution < 1.29 is 14.3 Å². The molecule has 0 unspecified atom stereocenters. The topological polar surface area (TPSA) is 49.3 Å². The molecule has 1 aliphatic carbocycles. The van der Waals surface area contributed by atoms with Crippen molar-refractivity contribution in [3.8, 4) is 0 Å². The van der Waals surface area contributed by atoms with Crippen molar-refractivity contribution in [2.24, 2.45) is 5.92 Å². The van der Waals surface area contributed by atoms with Crippen LogP contribution in [0.25, 0.3) is 0 Å². The van der Waals surface area contributed by atoms with Gasteiger partial charge in [0.1, 0.15) is 5.82 Å². The maximum absolute atomic E-state index is 13.2. The highest BCUT2D eigenvalue weighted by atomic mass is 79.9. The summed E-state index contributed by atoms with van der Waals surface area (Å²) in [6, 6.07) is 10.0. The van der Waals surface area contributed by atoms with E-state index in [1.165, 1.54) is 12.1 Å². The van der Waals surface area contributed by atoms with E-state index < -0.39 is 5.97 Å². The summed E-state index contributed by atoms with van der Waals surface area (Å²) in [6.45, 7) is 0. The molecule has 0 aromatic heterocycles. The Hall–Kier alpha value is -2.14. The Labute approximate surface area is 147 Å². The molecule has 0 saturated heterocycles. The minimum absolute atomic E-state index is 0.0603. The van der Waals surface area contributed by atoms with E-state index in [2.05, 4.69) is 33.4 Å². The molecule has 0 saturated carbocycles. The molecule has 122 valence electrons. The lowest BCUT2D eigenvalue weighted by atomic mass is 9.76. The van der Waals surface area contributed by atoms with Crippen LogP contribution in [0.2, 0.25) is 0 Å². The van der Waals surface area contributed by atoms with Gasteiger partial charge in [0.2, 0.25) is 0 Å². The van der Waals surface area contributed by atoms with Gasteiger partial charge in [-0.2, -0.15) is 0 Å². The molecule has 1 aliphatic heterocycles. The molecular weight excluding hydrogens is 373 g/mol. The average Bonchev–Trinajstić information content (AvgIpc) is 3.05. The van der Waals surface area contributed by atoms with Crippen LogP contribution < -0.4 is 5.32 Å². The number of nitrogens with one attached hydrogen (secondary N) is 1. The largest absolute Gasteiger partial charge is 0.478 e. The molecule has 0 radical (unpaired) electrons. The number of rotatable bonds is 2. The first-order chi connectivity index (χ1) is 11.5. The molecule has 3 nitrogen and oxygen atoms in total. The van der Waals surface area contributed by atoms with E-state index in [-0.39, 0.29) is 23.3 Å². The SMILES string of the molecule is O=C(O)c1cc(Br)c2c(c1)[C@@H]1C=CC[C@@H]1[C@H](c1ccc(F)cc1)N2. The molecule has 4 rings (SSSR count). The molecule has 0 spiro atoms. The van der Waals surface area contributed by atoms with Crippen molar-refractivity contribution in [1.29, 1.82) is 0 Å². The molecule has 0 bridgehead atoms. The van der Waals surface area contributed by atoms with Crippen LogP contribution in [0, 0.1) is 11.7 Å². The highest BCUT2D eigenvalue weighted by Crippen LogP contribution is 2.51. The van der Waals surface area contributed by atoms with Crippen LogP contribution in [0.3, 0.4) is 0 Å². The zero-order valence-corrected chi connectivity index (χ0v) is 14.3. The zero-order chi connectivity index (χ0) is 16.8. The van der Waals surface area contributed by atoms with Gasteiger partial charge in [-0.15, -0.1) is 0 Å². The van der Waals surface area contributed by atoms with Gasteiger partial charge >= 0.3 is 5.97 Å². The quantitative estimate of drug-likeness (QED) is 0.703. The van der Waals surface area contributed by atoms with Gasteiger partial charge in [-0.25, -0.2) is 9.18 Å². The van der Waals surface area contributed by atoms with Gasteiger partial charge in [-0.3, -0.25) is 0 Å². The maximum atomic E-state index is 13.2. The predicted molar refractivity (Wildman–Crippen MR) is 93.9 cm³/mol. The Kier molecular flexibility index (Phi) is 3.68. The first-order valence-electron chi connectivity index (χ1n) is 7.80. The van der Waals surface area contributed by atoms with Crippen molar-refractivity contribution in [1.82, 2.24) is 0 Å². The lowest BCUT2D eigenvalue weighted by molar-refractivity contribution is 0.0696. The Morgan fingerprint density at radius 3 is 2.71 bits per heavy atom. The number of carboxylic acids is 1. The highest BCUT2D eigenvalue weighted by Gasteiger charge is 2.39. The Balaban J connectivity index is 1.82. The second-order valence-electron chi connectivity index (χ2n) is 6.25. The lowest BCUT2D eigenvalue weighted by Crippen LogP contribution is -2.29. The van der Waals surface area contributed by atoms with Crippen molar-refractivity contribution >= 4 is 27.6 Å². The molecule has 0 amide bonds. The smallest absolute Gasteiger partial charge is 0.335 e. The van der Waals surface area contributed by atoms with Crippen molar-refractivity contribution in [3.05, 3.63) is 75.5 Å². The molecule has 2 aromatic carbocycles. The van der Waals surface area contributed by atoms with E-state index in [0.29, 0.717) is 5.92 Å². The second-order valence-corrected chi connectivity index (χ2v) is 7.11. The molecule has 3 atom stereocenters. The van der Waals surface area contributed by atoms with Gasteiger partial charge in [0, 0.05) is 10.4 Å². The number of hydrogen-bond acceptors (Lipinski definition) is 2. The van der Waals surface area contributed by atoms with E-state index in [1.807, 2.05) is 12.1 Å². The van der Waals surface area contributed by atoms with Gasteiger partial charge in [0.05, 0.1) is 17.3 Å². The van der Waals surface area contributed by atoms with Gasteiger partial charge in [-0.05, 0) is 63.7 Å². The number of anilines is 1. The van der Waals surface area contributed by atoms with Gasteiger partial charge < -0.3 is 10.4 Å². The normalized spacial score (nSPS) is 24.2. The summed E-state index contributed by atoms with van der Waals surface area (Å²) in [4.78, 5) is 11.4. The molecule has 2 aliphatic rings. The van der Waals surface area contributed by atoms with Crippen LogP contribution >= 0.6 is 15.9 Å². The Morgan fingerprint density at radius 1 is 1.25 bits per heavy atom. The maximum Gasteiger partial charge on any atom is 0.335 e. The van der Waals surface area contributed by atoms with Crippen LogP contribution in [0.1, 0.15) is 39.9 Å². The monoisotopic (exact) mass is 387 g/mol. The third-order valence-corrected chi connectivity index (χ3v) is 5.52. The van der Waals surface area contributed by atoms with E-state index in [1.54, 1.807) is 12.1 Å². The van der Waals surface area contributed by atoms with E-state index in [9.17, 15) is 14.3 Å². The number of aromatic carboxylic acids is 1. The van der Waals surface area contributed by atoms with E-state index in [0.717, 1.165) is 27.7 Å². The van der Waals surface area contributed by atoms with E-state index >= 15 is 0 Å². The molecule has 1 heterocycles. The first kappa shape index (κ1) is 15.4. The second kappa shape index (κ2) is 5.74. The van der Waals surface area contributed by atoms with Crippen LogP contribution in [0.15, 0.2) is 53.0 Å². The Bertz CT molecular complexity index is 847. The summed E-state index contributed by atoms with van der Waals surface area (Å²) in [5.74, 6) is -0.730. The number of halogens is 2. The summed E-state index contributed by atoms with van der Waals surface area (Å²) >= 11 is 3.50. The van der Waals surface area contributed by atoms with Crippen LogP contribution in [-0.2, 0) is 0 Å². The fourth-order valence-corrected chi connectivity index (χ4v) is 4.37. The summed E-state index contributed by atoms with van der Waals surface area (Å²) in [6.07, 6.45) is 5.21. The summed E-state index contributed by atoms with van der Waals surface area (Å²) < 4.78 is 14.0. The van der Waals surface area contributed by atoms with Crippen LogP contribution in [-0.4, -0.2) is 11.1 Å². The number of carbonyl (C=O) groups is 1. The van der Waals surface area contributed by atoms with Gasteiger partial charge in [0.15, 0.2) is 0 Å². The molecule has 24 heavy (non-hydrogen) atoms. The molecule has 2 aromatic rings. The predicted octanol–water partition coefficient (Wildman–Crippen LogP) is 5.11.